The molecule has 0 aromatic rings. The van der Waals surface area contributed by atoms with Crippen LogP contribution in [0.15, 0.2) is 0 Å². The van der Waals surface area contributed by atoms with Crippen LogP contribution in [0.2, 0.25) is 0 Å². The molecule has 5 aliphatic carbocycles. The quantitative estimate of drug-likeness (QED) is 0.0988. The van der Waals surface area contributed by atoms with Crippen molar-refractivity contribution < 1.29 is 74.1 Å². The molecule has 332 valence electrons. The summed E-state index contributed by atoms with van der Waals surface area (Å²) in [5, 5.41) is 89.9. The van der Waals surface area contributed by atoms with E-state index in [0.29, 0.717) is 19.3 Å². The molecule has 8 N–H and O–H groups in total. The predicted octanol–water partition coefficient (Wildman–Crippen LogP) is 1.64. The second-order valence-corrected chi connectivity index (χ2v) is 21.8. The van der Waals surface area contributed by atoms with Gasteiger partial charge in [-0.2, -0.15) is 0 Å². The molecule has 0 amide bonds. The van der Waals surface area contributed by atoms with Crippen molar-refractivity contribution in [1.82, 2.24) is 0 Å². The zero-order chi connectivity index (χ0) is 42.4. The van der Waals surface area contributed by atoms with E-state index in [1.54, 1.807) is 13.8 Å². The molecule has 8 fully saturated rings. The van der Waals surface area contributed by atoms with Gasteiger partial charge in [-0.1, -0.05) is 34.1 Å². The van der Waals surface area contributed by atoms with E-state index in [-0.39, 0.29) is 50.9 Å². The SMILES string of the molecule is CC(=O)O[C@H]1[C@H](O[C@]2(O)[C@H](O)[C@@H](CO)O[C@@H](O[C@H]3CC4C5(CC[C@]6(C)[C@@H]([C@@]7(C)CC[C@@H](C(C)(C)O)O7)[C@@H](O)CC46C)C[C@@]54CCCC(C)(C)C34)[C@@H]2O)OC[C@@H](O)[C@@H]1O. The van der Waals surface area contributed by atoms with Crippen molar-refractivity contribution in [1.29, 1.82) is 0 Å². The van der Waals surface area contributed by atoms with Crippen molar-refractivity contribution in [2.45, 2.75) is 204 Å². The lowest BCUT2D eigenvalue weighted by atomic mass is 9.41. The number of carbonyl (C=O) groups is 1. The minimum atomic E-state index is -2.91. The van der Waals surface area contributed by atoms with Gasteiger partial charge in [-0.3, -0.25) is 4.79 Å². The molecule has 3 heterocycles. The first-order valence-corrected chi connectivity index (χ1v) is 21.8. The molecule has 0 aromatic carbocycles. The van der Waals surface area contributed by atoms with Gasteiger partial charge in [0, 0.05) is 12.8 Å². The van der Waals surface area contributed by atoms with Crippen LogP contribution < -0.4 is 0 Å². The average Bonchev–Trinajstić information content (AvgIpc) is 3.47. The van der Waals surface area contributed by atoms with Gasteiger partial charge in [0.15, 0.2) is 18.5 Å². The Morgan fingerprint density at radius 3 is 2.21 bits per heavy atom. The molecule has 15 heteroatoms. The molecule has 8 rings (SSSR count). The van der Waals surface area contributed by atoms with Gasteiger partial charge in [0.2, 0.25) is 12.1 Å². The number of aliphatic hydroxyl groups excluding tert-OH is 6. The highest BCUT2D eigenvalue weighted by molar-refractivity contribution is 5.66. The monoisotopic (exact) mass is 826 g/mol. The van der Waals surface area contributed by atoms with Crippen molar-refractivity contribution >= 4 is 5.97 Å². The van der Waals surface area contributed by atoms with Crippen LogP contribution in [-0.4, -0.2) is 145 Å². The van der Waals surface area contributed by atoms with Gasteiger partial charge in [-0.05, 0) is 117 Å². The Morgan fingerprint density at radius 1 is 0.862 bits per heavy atom. The molecule has 3 aliphatic heterocycles. The molecule has 8 aliphatic rings. The fraction of sp³-hybridized carbons (Fsp3) is 0.977. The summed E-state index contributed by atoms with van der Waals surface area (Å²) in [6, 6.07) is 0. The summed E-state index contributed by atoms with van der Waals surface area (Å²) in [7, 11) is 0. The van der Waals surface area contributed by atoms with Crippen LogP contribution in [0.1, 0.15) is 120 Å². The normalized spacial score (nSPS) is 56.1. The first-order chi connectivity index (χ1) is 26.8. The Morgan fingerprint density at radius 2 is 1.57 bits per heavy atom. The van der Waals surface area contributed by atoms with Crippen LogP contribution >= 0.6 is 0 Å². The lowest BCUT2D eigenvalue weighted by Crippen LogP contribution is -2.71. The zero-order valence-corrected chi connectivity index (χ0v) is 35.5. The number of fused-ring (bicyclic) bond motifs is 2. The van der Waals surface area contributed by atoms with Gasteiger partial charge in [0.05, 0.1) is 42.7 Å². The van der Waals surface area contributed by atoms with Crippen molar-refractivity contribution in [2.24, 2.45) is 44.8 Å². The number of hydrogen-bond donors (Lipinski definition) is 8. The summed E-state index contributed by atoms with van der Waals surface area (Å²) >= 11 is 0. The molecule has 4 unspecified atom stereocenters. The maximum Gasteiger partial charge on any atom is 0.303 e. The van der Waals surface area contributed by atoms with Crippen LogP contribution in [0.5, 0.6) is 0 Å². The Balaban J connectivity index is 1.12. The van der Waals surface area contributed by atoms with Gasteiger partial charge in [0.1, 0.15) is 24.4 Å². The molecule has 15 nitrogen and oxygen atoms in total. The van der Waals surface area contributed by atoms with E-state index in [2.05, 4.69) is 34.6 Å². The minimum Gasteiger partial charge on any atom is -0.454 e. The molecule has 3 saturated heterocycles. The zero-order valence-electron chi connectivity index (χ0n) is 35.5. The molecular weight excluding hydrogens is 756 g/mol. The third-order valence-electron chi connectivity index (χ3n) is 17.8. The Bertz CT molecular complexity index is 1590. The van der Waals surface area contributed by atoms with E-state index in [1.807, 2.05) is 0 Å². The second-order valence-electron chi connectivity index (χ2n) is 21.8. The summed E-state index contributed by atoms with van der Waals surface area (Å²) in [5.41, 5.74) is -2.49. The van der Waals surface area contributed by atoms with Gasteiger partial charge < -0.3 is 69.3 Å². The first-order valence-electron chi connectivity index (χ1n) is 21.8. The van der Waals surface area contributed by atoms with E-state index in [1.165, 1.54) is 0 Å². The lowest BCUT2D eigenvalue weighted by Gasteiger charge is -2.64. The third kappa shape index (κ3) is 6.10. The highest BCUT2D eigenvalue weighted by Gasteiger charge is 2.84. The molecule has 5 saturated carbocycles. The van der Waals surface area contributed by atoms with Crippen LogP contribution in [0.25, 0.3) is 0 Å². The van der Waals surface area contributed by atoms with E-state index >= 15 is 0 Å². The molecule has 58 heavy (non-hydrogen) atoms. The Kier molecular flexibility index (Phi) is 10.5. The number of esters is 1. The average molecular weight is 827 g/mol. The van der Waals surface area contributed by atoms with Crippen LogP contribution in [-0.2, 0) is 33.2 Å². The van der Waals surface area contributed by atoms with Crippen molar-refractivity contribution in [2.75, 3.05) is 13.2 Å². The maximum absolute atomic E-state index is 12.2. The summed E-state index contributed by atoms with van der Waals surface area (Å²) in [6.45, 7) is 14.7. The molecule has 0 aromatic heterocycles. The van der Waals surface area contributed by atoms with Gasteiger partial charge >= 0.3 is 5.97 Å². The van der Waals surface area contributed by atoms with E-state index in [4.69, 9.17) is 28.4 Å². The molecule has 2 spiro atoms. The van der Waals surface area contributed by atoms with Crippen molar-refractivity contribution in [3.63, 3.8) is 0 Å². The van der Waals surface area contributed by atoms with Crippen LogP contribution in [0, 0.1) is 44.8 Å². The number of aliphatic hydroxyl groups is 8. The Hall–Kier alpha value is -1.05. The molecular formula is C43H70O15. The van der Waals surface area contributed by atoms with Crippen LogP contribution in [0.3, 0.4) is 0 Å². The Labute approximate surface area is 341 Å². The number of hydrogen-bond acceptors (Lipinski definition) is 15. The third-order valence-corrected chi connectivity index (χ3v) is 17.8. The number of carbonyl (C=O) groups excluding carboxylic acids is 1. The largest absolute Gasteiger partial charge is 0.454 e. The van der Waals surface area contributed by atoms with E-state index in [0.717, 1.165) is 51.9 Å². The van der Waals surface area contributed by atoms with E-state index in [9.17, 15) is 45.6 Å². The van der Waals surface area contributed by atoms with Crippen LogP contribution in [0.4, 0.5) is 0 Å². The van der Waals surface area contributed by atoms with Gasteiger partial charge in [0.25, 0.3) is 0 Å². The van der Waals surface area contributed by atoms with Gasteiger partial charge in [-0.15, -0.1) is 0 Å². The molecule has 0 bridgehead atoms. The summed E-state index contributed by atoms with van der Waals surface area (Å²) in [5.74, 6) is -3.75. The highest BCUT2D eigenvalue weighted by Crippen LogP contribution is 2.89. The fourth-order valence-corrected chi connectivity index (χ4v) is 15.2. The number of rotatable bonds is 8. The van der Waals surface area contributed by atoms with Gasteiger partial charge in [-0.25, -0.2) is 0 Å². The summed E-state index contributed by atoms with van der Waals surface area (Å²) < 4.78 is 36.4. The predicted molar refractivity (Wildman–Crippen MR) is 203 cm³/mol. The summed E-state index contributed by atoms with van der Waals surface area (Å²) in [6.07, 6.45) is -6.46. The van der Waals surface area contributed by atoms with Crippen molar-refractivity contribution in [3.05, 3.63) is 0 Å². The maximum atomic E-state index is 12.2. The smallest absolute Gasteiger partial charge is 0.303 e. The molecule has 20 atom stereocenters. The first kappa shape index (κ1) is 43.6. The topological polar surface area (TPSA) is 234 Å². The van der Waals surface area contributed by atoms with Crippen molar-refractivity contribution in [3.8, 4) is 0 Å². The molecule has 0 radical (unpaired) electrons. The standard InChI is InChI=1S/C43H70O15/c1-21(45)54-29-28(48)23(47)19-53-34(29)58-43(52)32(49)25(18-44)56-35(33(43)50)55-24-16-26-39(7)17-22(46)30(40(8)13-10-27(57-40)37(4,5)51)38(39,6)14-15-41(26)20-42(41)12-9-11-36(2,3)31(24)42/h22-35,44,46-52H,9-20H2,1-8H3/t22-,23+,24-,25+,26?,27-,28-,29+,30-,31?,32+,33-,34-,35+,38+,39?,40+,41?,42+,43+/m0/s1. The van der Waals surface area contributed by atoms with E-state index < -0.39 is 97.6 Å². The second kappa shape index (κ2) is 14.0. The highest BCUT2D eigenvalue weighted by atomic mass is 16.8. The lowest BCUT2D eigenvalue weighted by molar-refractivity contribution is -0.442. The minimum absolute atomic E-state index is 0.0281. The summed E-state index contributed by atoms with van der Waals surface area (Å²) in [4.78, 5) is 12.0. The number of ether oxygens (including phenoxy) is 6. The fourth-order valence-electron chi connectivity index (χ4n) is 15.2.